The molecule has 1 aromatic carbocycles. The average molecular weight is 466 g/mol. The molecule has 2 aliphatic rings. The fourth-order valence-corrected chi connectivity index (χ4v) is 6.04. The SMILES string of the molecule is Cc1ccc(C(=O)N2C3CCC2CC(Cc2nccn4cccc24)C3)cc1NCc1ccncc1. The summed E-state index contributed by atoms with van der Waals surface area (Å²) < 4.78 is 2.15. The molecule has 2 bridgehead atoms. The van der Waals surface area contributed by atoms with E-state index in [0.717, 1.165) is 48.9 Å². The van der Waals surface area contributed by atoms with Gasteiger partial charge in [0.15, 0.2) is 0 Å². The molecule has 4 aromatic rings. The molecule has 2 fully saturated rings. The third-order valence-electron chi connectivity index (χ3n) is 7.80. The fourth-order valence-electron chi connectivity index (χ4n) is 6.04. The second kappa shape index (κ2) is 9.17. The summed E-state index contributed by atoms with van der Waals surface area (Å²) >= 11 is 0. The van der Waals surface area contributed by atoms with Crippen LogP contribution in [0, 0.1) is 12.8 Å². The first-order valence-corrected chi connectivity index (χ1v) is 12.6. The molecule has 2 atom stereocenters. The highest BCUT2D eigenvalue weighted by atomic mass is 16.2. The molecule has 2 aliphatic heterocycles. The Balaban J connectivity index is 1.16. The number of carbonyl (C=O) groups excluding carboxylic acids is 1. The number of carbonyl (C=O) groups is 1. The second-order valence-electron chi connectivity index (χ2n) is 10.1. The van der Waals surface area contributed by atoms with Gasteiger partial charge in [-0.2, -0.15) is 0 Å². The molecule has 0 saturated carbocycles. The summed E-state index contributed by atoms with van der Waals surface area (Å²) in [6.07, 6.45) is 14.9. The Morgan fingerprint density at radius 2 is 1.83 bits per heavy atom. The van der Waals surface area contributed by atoms with Crippen molar-refractivity contribution in [2.45, 2.75) is 57.7 Å². The van der Waals surface area contributed by atoms with Gasteiger partial charge < -0.3 is 14.6 Å². The minimum absolute atomic E-state index is 0.176. The van der Waals surface area contributed by atoms with Gasteiger partial charge in [-0.05, 0) is 92.5 Å². The summed E-state index contributed by atoms with van der Waals surface area (Å²) in [5.41, 5.74) is 6.48. The van der Waals surface area contributed by atoms with Crippen LogP contribution in [0.1, 0.15) is 52.9 Å². The Morgan fingerprint density at radius 1 is 1.03 bits per heavy atom. The van der Waals surface area contributed by atoms with Gasteiger partial charge in [0.1, 0.15) is 0 Å². The van der Waals surface area contributed by atoms with Crippen LogP contribution in [-0.2, 0) is 13.0 Å². The predicted molar refractivity (Wildman–Crippen MR) is 137 cm³/mol. The van der Waals surface area contributed by atoms with Gasteiger partial charge in [-0.25, -0.2) is 0 Å². The maximum Gasteiger partial charge on any atom is 0.254 e. The van der Waals surface area contributed by atoms with Gasteiger partial charge in [0, 0.05) is 60.9 Å². The molecule has 2 saturated heterocycles. The van der Waals surface area contributed by atoms with Crippen LogP contribution in [0.2, 0.25) is 0 Å². The van der Waals surface area contributed by atoms with Crippen molar-refractivity contribution in [3.8, 4) is 0 Å². The molecule has 1 N–H and O–H groups in total. The first-order chi connectivity index (χ1) is 17.2. The summed E-state index contributed by atoms with van der Waals surface area (Å²) in [6, 6.07) is 15.0. The number of benzene rings is 1. The number of fused-ring (bicyclic) bond motifs is 3. The van der Waals surface area contributed by atoms with Crippen LogP contribution < -0.4 is 5.32 Å². The minimum Gasteiger partial charge on any atom is -0.381 e. The van der Waals surface area contributed by atoms with Crippen molar-refractivity contribution >= 4 is 17.1 Å². The maximum atomic E-state index is 13.7. The lowest BCUT2D eigenvalue weighted by atomic mass is 9.86. The first kappa shape index (κ1) is 21.8. The molecule has 0 spiro atoms. The summed E-state index contributed by atoms with van der Waals surface area (Å²) in [6.45, 7) is 2.79. The molecular weight excluding hydrogens is 434 g/mol. The number of hydrogen-bond acceptors (Lipinski definition) is 4. The van der Waals surface area contributed by atoms with E-state index in [1.54, 1.807) is 12.4 Å². The number of rotatable bonds is 6. The Morgan fingerprint density at radius 3 is 2.63 bits per heavy atom. The Labute approximate surface area is 206 Å². The van der Waals surface area contributed by atoms with Crippen LogP contribution in [0.15, 0.2) is 73.4 Å². The molecular formula is C29H31N5O. The van der Waals surface area contributed by atoms with Gasteiger partial charge in [0.05, 0.1) is 11.2 Å². The van der Waals surface area contributed by atoms with E-state index in [2.05, 4.69) is 50.9 Å². The quantitative estimate of drug-likeness (QED) is 0.421. The molecule has 1 amide bonds. The monoisotopic (exact) mass is 465 g/mol. The van der Waals surface area contributed by atoms with Crippen LogP contribution in [0.3, 0.4) is 0 Å². The van der Waals surface area contributed by atoms with Gasteiger partial charge in [0.25, 0.3) is 5.91 Å². The van der Waals surface area contributed by atoms with Crippen LogP contribution in [0.25, 0.3) is 5.52 Å². The van der Waals surface area contributed by atoms with Gasteiger partial charge >= 0.3 is 0 Å². The first-order valence-electron chi connectivity index (χ1n) is 12.6. The van der Waals surface area contributed by atoms with E-state index in [9.17, 15) is 4.79 Å². The van der Waals surface area contributed by atoms with Crippen LogP contribution in [-0.4, -0.2) is 37.3 Å². The van der Waals surface area contributed by atoms with Gasteiger partial charge in [-0.3, -0.25) is 14.8 Å². The minimum atomic E-state index is 0.176. The molecule has 35 heavy (non-hydrogen) atoms. The van der Waals surface area contributed by atoms with Crippen LogP contribution in [0.5, 0.6) is 0 Å². The number of anilines is 1. The van der Waals surface area contributed by atoms with Crippen molar-refractivity contribution in [3.05, 3.63) is 95.8 Å². The van der Waals surface area contributed by atoms with Crippen molar-refractivity contribution in [2.24, 2.45) is 5.92 Å². The van der Waals surface area contributed by atoms with E-state index >= 15 is 0 Å². The number of aryl methyl sites for hydroxylation is 1. The van der Waals surface area contributed by atoms with Crippen molar-refractivity contribution in [1.82, 2.24) is 19.3 Å². The van der Waals surface area contributed by atoms with Gasteiger partial charge in [-0.15, -0.1) is 0 Å². The number of pyridine rings is 1. The topological polar surface area (TPSA) is 62.5 Å². The van der Waals surface area contributed by atoms with Crippen molar-refractivity contribution < 1.29 is 4.79 Å². The number of piperidine rings is 1. The molecule has 6 heteroatoms. The molecule has 5 heterocycles. The van der Waals surface area contributed by atoms with E-state index in [1.807, 2.05) is 36.7 Å². The zero-order valence-electron chi connectivity index (χ0n) is 20.1. The summed E-state index contributed by atoms with van der Waals surface area (Å²) in [5.74, 6) is 0.746. The number of nitrogens with one attached hydrogen (secondary N) is 1. The van der Waals surface area contributed by atoms with E-state index in [1.165, 1.54) is 16.8 Å². The van der Waals surface area contributed by atoms with Gasteiger partial charge in [-0.1, -0.05) is 6.07 Å². The van der Waals surface area contributed by atoms with Crippen molar-refractivity contribution in [1.29, 1.82) is 0 Å². The highest BCUT2D eigenvalue weighted by molar-refractivity contribution is 5.96. The number of amides is 1. The molecule has 6 nitrogen and oxygen atoms in total. The lowest BCUT2D eigenvalue weighted by Gasteiger charge is -2.39. The molecule has 6 rings (SSSR count). The van der Waals surface area contributed by atoms with E-state index in [0.29, 0.717) is 24.5 Å². The van der Waals surface area contributed by atoms with E-state index in [4.69, 9.17) is 4.98 Å². The lowest BCUT2D eigenvalue weighted by molar-refractivity contribution is 0.0524. The van der Waals surface area contributed by atoms with Gasteiger partial charge in [0.2, 0.25) is 0 Å². The number of nitrogens with zero attached hydrogens (tertiary/aromatic N) is 4. The van der Waals surface area contributed by atoms with Crippen LogP contribution in [0.4, 0.5) is 5.69 Å². The summed E-state index contributed by atoms with van der Waals surface area (Å²) in [7, 11) is 0. The van der Waals surface area contributed by atoms with Crippen molar-refractivity contribution in [3.63, 3.8) is 0 Å². The summed E-state index contributed by atoms with van der Waals surface area (Å²) in [4.78, 5) is 24.6. The average Bonchev–Trinajstić information content (AvgIpc) is 3.47. The predicted octanol–water partition coefficient (Wildman–Crippen LogP) is 5.28. The maximum absolute atomic E-state index is 13.7. The zero-order valence-corrected chi connectivity index (χ0v) is 20.1. The Hall–Kier alpha value is -3.67. The highest BCUT2D eigenvalue weighted by Gasteiger charge is 2.43. The number of hydrogen-bond donors (Lipinski definition) is 1. The van der Waals surface area contributed by atoms with Crippen molar-refractivity contribution in [2.75, 3.05) is 5.32 Å². The Bertz CT molecular complexity index is 1330. The zero-order chi connectivity index (χ0) is 23.8. The van der Waals surface area contributed by atoms with E-state index < -0.39 is 0 Å². The largest absolute Gasteiger partial charge is 0.381 e. The fraction of sp³-hybridized carbons (Fsp3) is 0.345. The van der Waals surface area contributed by atoms with Crippen LogP contribution >= 0.6 is 0 Å². The molecule has 3 aromatic heterocycles. The van der Waals surface area contributed by atoms with E-state index in [-0.39, 0.29) is 5.91 Å². The smallest absolute Gasteiger partial charge is 0.254 e. The Kier molecular flexibility index (Phi) is 5.72. The second-order valence-corrected chi connectivity index (χ2v) is 10.1. The summed E-state index contributed by atoms with van der Waals surface area (Å²) in [5, 5.41) is 3.50. The molecule has 2 unspecified atom stereocenters. The lowest BCUT2D eigenvalue weighted by Crippen LogP contribution is -2.47. The molecule has 0 aliphatic carbocycles. The third-order valence-corrected chi connectivity index (χ3v) is 7.80. The third kappa shape index (κ3) is 4.29. The standard InChI is InChI=1S/C29H31N5O/c1-20-4-5-23(18-26(20)32-19-21-8-10-30-11-9-21)29(35)34-24-6-7-25(34)16-22(15-24)17-27-28-3-2-13-33(28)14-12-31-27/h2-5,8-14,18,22,24-25,32H,6-7,15-17,19H2,1H3. The molecule has 178 valence electrons. The molecule has 0 radical (unpaired) electrons. The normalized spacial score (nSPS) is 21.4. The highest BCUT2D eigenvalue weighted by Crippen LogP contribution is 2.41. The number of aromatic nitrogens is 3.